The molecule has 1 heterocycles. The Hall–Kier alpha value is -0.333. The van der Waals surface area contributed by atoms with Gasteiger partial charge < -0.3 is 4.57 Å². The molecule has 0 fully saturated rings. The van der Waals surface area contributed by atoms with Gasteiger partial charge in [-0.1, -0.05) is 0 Å². The zero-order valence-electron chi connectivity index (χ0n) is 6.24. The van der Waals surface area contributed by atoms with Gasteiger partial charge in [-0.25, -0.2) is 12.1 Å². The molecule has 0 amide bonds. The van der Waals surface area contributed by atoms with E-state index in [1.54, 1.807) is 0 Å². The Morgan fingerprint density at radius 2 is 2.00 bits per heavy atom. The summed E-state index contributed by atoms with van der Waals surface area (Å²) in [6, 6.07) is 3.26. The van der Waals surface area contributed by atoms with Crippen molar-refractivity contribution in [2.45, 2.75) is 6.18 Å². The van der Waals surface area contributed by atoms with Crippen molar-refractivity contribution in [1.82, 2.24) is 4.57 Å². The molecule has 1 aromatic heterocycles. The molecule has 0 unspecified atom stereocenters. The molecule has 0 bridgehead atoms. The average molecular weight is 155 g/mol. The standard InChI is InChI=1S/C6H5F3N.Li/c1-10-4-2-3-5(10)6(7,8)9;/h3-4H,1H3;/q-1;+1. The van der Waals surface area contributed by atoms with Crippen molar-refractivity contribution in [3.8, 4) is 0 Å². The largest absolute Gasteiger partial charge is 1.00 e. The molecule has 1 aromatic rings. The van der Waals surface area contributed by atoms with Crippen LogP contribution in [0.4, 0.5) is 13.2 Å². The van der Waals surface area contributed by atoms with Gasteiger partial charge in [0.05, 0.1) is 0 Å². The van der Waals surface area contributed by atoms with Gasteiger partial charge in [-0.2, -0.15) is 13.2 Å². The molecule has 0 saturated carbocycles. The van der Waals surface area contributed by atoms with Gasteiger partial charge in [-0.05, 0) is 12.7 Å². The minimum absolute atomic E-state index is 0. The molecule has 56 valence electrons. The molecule has 0 saturated heterocycles. The molecule has 0 aliphatic heterocycles. The van der Waals surface area contributed by atoms with Crippen LogP contribution < -0.4 is 18.9 Å². The van der Waals surface area contributed by atoms with Crippen LogP contribution in [0, 0.1) is 6.07 Å². The summed E-state index contributed by atoms with van der Waals surface area (Å²) in [5, 5.41) is 0. The van der Waals surface area contributed by atoms with Gasteiger partial charge in [0.25, 0.3) is 0 Å². The Labute approximate surface area is 74.4 Å². The normalized spacial score (nSPS) is 10.9. The van der Waals surface area contributed by atoms with Crippen LogP contribution in [0.15, 0.2) is 12.3 Å². The second kappa shape index (κ2) is 3.38. The molecule has 1 nitrogen and oxygen atoms in total. The van der Waals surface area contributed by atoms with Crippen LogP contribution >= 0.6 is 0 Å². The number of hydrogen-bond acceptors (Lipinski definition) is 0. The van der Waals surface area contributed by atoms with Crippen molar-refractivity contribution in [3.05, 3.63) is 24.0 Å². The Bertz CT molecular complexity index is 228. The van der Waals surface area contributed by atoms with Crippen molar-refractivity contribution in [2.75, 3.05) is 0 Å². The van der Waals surface area contributed by atoms with Gasteiger partial charge in [-0.15, -0.1) is 6.20 Å². The first kappa shape index (κ1) is 10.7. The molecule has 11 heavy (non-hydrogen) atoms. The topological polar surface area (TPSA) is 4.93 Å². The molecular weight excluding hydrogens is 150 g/mol. The van der Waals surface area contributed by atoms with Crippen molar-refractivity contribution >= 4 is 0 Å². The predicted octanol–water partition coefficient (Wildman–Crippen LogP) is -1.15. The van der Waals surface area contributed by atoms with Crippen LogP contribution in [0.3, 0.4) is 0 Å². The van der Waals surface area contributed by atoms with E-state index in [2.05, 4.69) is 6.07 Å². The molecule has 0 atom stereocenters. The maximum Gasteiger partial charge on any atom is 1.00 e. The van der Waals surface area contributed by atoms with E-state index < -0.39 is 11.9 Å². The van der Waals surface area contributed by atoms with E-state index in [1.807, 2.05) is 0 Å². The zero-order chi connectivity index (χ0) is 7.78. The summed E-state index contributed by atoms with van der Waals surface area (Å²) in [4.78, 5) is 0. The summed E-state index contributed by atoms with van der Waals surface area (Å²) in [5.41, 5.74) is -0.674. The Morgan fingerprint density at radius 3 is 2.18 bits per heavy atom. The summed E-state index contributed by atoms with van der Waals surface area (Å²) >= 11 is 0. The molecule has 0 spiro atoms. The van der Waals surface area contributed by atoms with Crippen molar-refractivity contribution in [3.63, 3.8) is 0 Å². The Kier molecular flexibility index (Phi) is 3.27. The van der Waals surface area contributed by atoms with E-state index in [1.165, 1.54) is 13.2 Å². The van der Waals surface area contributed by atoms with E-state index in [4.69, 9.17) is 0 Å². The molecular formula is C6H5F3LiN. The summed E-state index contributed by atoms with van der Waals surface area (Å²) in [6.07, 6.45) is -3.02. The van der Waals surface area contributed by atoms with Crippen LogP contribution in [0.1, 0.15) is 5.69 Å². The van der Waals surface area contributed by atoms with E-state index >= 15 is 0 Å². The fourth-order valence-electron chi connectivity index (χ4n) is 0.681. The molecule has 0 N–H and O–H groups in total. The predicted molar refractivity (Wildman–Crippen MR) is 29.3 cm³/mol. The number of rotatable bonds is 0. The first-order chi connectivity index (χ1) is 4.52. The fraction of sp³-hybridized carbons (Fsp3) is 0.333. The number of halogens is 3. The smallest absolute Gasteiger partial charge is 0.440 e. The summed E-state index contributed by atoms with van der Waals surface area (Å²) in [7, 11) is 1.33. The second-order valence-electron chi connectivity index (χ2n) is 1.93. The third-order valence-corrected chi connectivity index (χ3v) is 1.16. The van der Waals surface area contributed by atoms with Gasteiger partial charge in [0, 0.05) is 0 Å². The molecule has 1 rings (SSSR count). The number of aromatic nitrogens is 1. The van der Waals surface area contributed by atoms with Crippen molar-refractivity contribution < 1.29 is 32.0 Å². The van der Waals surface area contributed by atoms with Gasteiger partial charge in [0.2, 0.25) is 0 Å². The van der Waals surface area contributed by atoms with Crippen LogP contribution in [0.5, 0.6) is 0 Å². The second-order valence-corrected chi connectivity index (χ2v) is 1.93. The van der Waals surface area contributed by atoms with E-state index in [0.717, 1.165) is 10.6 Å². The summed E-state index contributed by atoms with van der Waals surface area (Å²) in [5.74, 6) is 0. The van der Waals surface area contributed by atoms with Crippen LogP contribution in [0.2, 0.25) is 0 Å². The zero-order valence-corrected chi connectivity index (χ0v) is 6.24. The summed E-state index contributed by atoms with van der Waals surface area (Å²) in [6.45, 7) is 0. The fourth-order valence-corrected chi connectivity index (χ4v) is 0.681. The van der Waals surface area contributed by atoms with Gasteiger partial charge >= 0.3 is 25.0 Å². The van der Waals surface area contributed by atoms with Crippen LogP contribution in [-0.4, -0.2) is 4.57 Å². The first-order valence-corrected chi connectivity index (χ1v) is 2.61. The average Bonchev–Trinajstić information content (AvgIpc) is 2.11. The van der Waals surface area contributed by atoms with Gasteiger partial charge in [0.15, 0.2) is 0 Å². The third-order valence-electron chi connectivity index (χ3n) is 1.16. The summed E-state index contributed by atoms with van der Waals surface area (Å²) < 4.78 is 36.5. The maximum absolute atomic E-state index is 11.8. The number of hydrogen-bond donors (Lipinski definition) is 0. The van der Waals surface area contributed by atoms with Gasteiger partial charge in [-0.3, -0.25) is 0 Å². The SMILES string of the molecule is Cn1c[c-]cc1C(F)(F)F.[Li+]. The third kappa shape index (κ3) is 2.32. The number of alkyl halides is 3. The minimum atomic E-state index is -4.26. The molecule has 5 heteroatoms. The molecule has 0 radical (unpaired) electrons. The van der Waals surface area contributed by atoms with Crippen LogP contribution in [-0.2, 0) is 13.2 Å². The molecule has 0 aliphatic carbocycles. The monoisotopic (exact) mass is 155 g/mol. The molecule has 0 aromatic carbocycles. The molecule has 0 aliphatic rings. The van der Waals surface area contributed by atoms with E-state index in [9.17, 15) is 13.2 Å². The minimum Gasteiger partial charge on any atom is -0.440 e. The quantitative estimate of drug-likeness (QED) is 0.329. The Balaban J connectivity index is 0.000001000. The van der Waals surface area contributed by atoms with Crippen molar-refractivity contribution in [2.24, 2.45) is 7.05 Å². The van der Waals surface area contributed by atoms with Crippen molar-refractivity contribution in [1.29, 1.82) is 0 Å². The van der Waals surface area contributed by atoms with Crippen LogP contribution in [0.25, 0.3) is 0 Å². The Morgan fingerprint density at radius 1 is 1.45 bits per heavy atom. The number of nitrogens with zero attached hydrogens (tertiary/aromatic N) is 1. The van der Waals surface area contributed by atoms with E-state index in [0.29, 0.717) is 0 Å². The van der Waals surface area contributed by atoms with E-state index in [-0.39, 0.29) is 18.9 Å². The number of aryl methyl sites for hydroxylation is 1. The van der Waals surface area contributed by atoms with Gasteiger partial charge in [0.1, 0.15) is 0 Å². The maximum atomic E-state index is 11.8. The first-order valence-electron chi connectivity index (χ1n) is 2.61.